The van der Waals surface area contributed by atoms with Crippen LogP contribution in [-0.2, 0) is 4.79 Å². The molecule has 1 aromatic carbocycles. The van der Waals surface area contributed by atoms with Gasteiger partial charge in [-0.2, -0.15) is 0 Å². The SMILES string of the molecule is CC(C)(CCC(=O)O)NC(=O)Nc1ccccc1C(=O)N1CCCCC1. The Morgan fingerprint density at radius 1 is 1.12 bits per heavy atom. The van der Waals surface area contributed by atoms with Gasteiger partial charge in [0, 0.05) is 25.0 Å². The molecule has 1 aliphatic rings. The first-order chi connectivity index (χ1) is 12.3. The van der Waals surface area contributed by atoms with Crippen LogP contribution in [0.15, 0.2) is 24.3 Å². The van der Waals surface area contributed by atoms with E-state index in [1.54, 1.807) is 38.1 Å². The van der Waals surface area contributed by atoms with E-state index in [0.29, 0.717) is 17.7 Å². The molecular formula is C19H27N3O4. The number of hydrogen-bond donors (Lipinski definition) is 3. The number of piperidine rings is 1. The summed E-state index contributed by atoms with van der Waals surface area (Å²) in [6.07, 6.45) is 3.41. The molecule has 1 aromatic rings. The lowest BCUT2D eigenvalue weighted by Crippen LogP contribution is -2.46. The normalized spacial score (nSPS) is 14.6. The van der Waals surface area contributed by atoms with Crippen molar-refractivity contribution < 1.29 is 19.5 Å². The Labute approximate surface area is 153 Å². The third kappa shape index (κ3) is 5.75. The number of rotatable bonds is 6. The highest BCUT2D eigenvalue weighted by atomic mass is 16.4. The first kappa shape index (κ1) is 19.8. The zero-order chi connectivity index (χ0) is 19.2. The van der Waals surface area contributed by atoms with Gasteiger partial charge in [-0.25, -0.2) is 4.79 Å². The Hall–Kier alpha value is -2.57. The zero-order valence-corrected chi connectivity index (χ0v) is 15.4. The number of urea groups is 1. The first-order valence-electron chi connectivity index (χ1n) is 8.98. The minimum Gasteiger partial charge on any atom is -0.481 e. The van der Waals surface area contributed by atoms with E-state index in [4.69, 9.17) is 5.11 Å². The Bertz CT molecular complexity index is 667. The predicted molar refractivity (Wildman–Crippen MR) is 99.3 cm³/mol. The summed E-state index contributed by atoms with van der Waals surface area (Å²) in [6.45, 7) is 5.00. The van der Waals surface area contributed by atoms with Gasteiger partial charge in [-0.1, -0.05) is 12.1 Å². The van der Waals surface area contributed by atoms with E-state index in [1.807, 2.05) is 4.90 Å². The molecule has 0 bridgehead atoms. The summed E-state index contributed by atoms with van der Waals surface area (Å²) >= 11 is 0. The molecule has 7 nitrogen and oxygen atoms in total. The van der Waals surface area contributed by atoms with E-state index >= 15 is 0 Å². The van der Waals surface area contributed by atoms with E-state index in [2.05, 4.69) is 10.6 Å². The van der Waals surface area contributed by atoms with Crippen molar-refractivity contribution in [3.63, 3.8) is 0 Å². The standard InChI is InChI=1S/C19H27N3O4/c1-19(2,11-10-16(23)24)21-18(26)20-15-9-5-4-8-14(15)17(25)22-12-6-3-7-13-22/h4-5,8-9H,3,6-7,10-13H2,1-2H3,(H,23,24)(H2,20,21,26). The minimum absolute atomic E-state index is 0.0304. The molecule has 0 radical (unpaired) electrons. The van der Waals surface area contributed by atoms with Gasteiger partial charge in [-0.05, 0) is 51.7 Å². The summed E-state index contributed by atoms with van der Waals surface area (Å²) in [6, 6.07) is 6.48. The van der Waals surface area contributed by atoms with Gasteiger partial charge in [0.2, 0.25) is 0 Å². The maximum absolute atomic E-state index is 12.8. The maximum atomic E-state index is 12.8. The molecule has 0 saturated carbocycles. The van der Waals surface area contributed by atoms with Crippen LogP contribution in [0.4, 0.5) is 10.5 Å². The Morgan fingerprint density at radius 3 is 2.42 bits per heavy atom. The molecular weight excluding hydrogens is 334 g/mol. The largest absolute Gasteiger partial charge is 0.481 e. The molecule has 0 aliphatic carbocycles. The van der Waals surface area contributed by atoms with E-state index < -0.39 is 17.5 Å². The molecule has 0 spiro atoms. The number of hydrogen-bond acceptors (Lipinski definition) is 3. The molecule has 142 valence electrons. The maximum Gasteiger partial charge on any atom is 0.319 e. The summed E-state index contributed by atoms with van der Waals surface area (Å²) in [5, 5.41) is 14.3. The van der Waals surface area contributed by atoms with Gasteiger partial charge < -0.3 is 20.6 Å². The number of nitrogens with one attached hydrogen (secondary N) is 2. The van der Waals surface area contributed by atoms with Crippen LogP contribution in [0.1, 0.15) is 56.3 Å². The number of carbonyl (C=O) groups excluding carboxylic acids is 2. The van der Waals surface area contributed by atoms with Crippen molar-refractivity contribution in [1.82, 2.24) is 10.2 Å². The van der Waals surface area contributed by atoms with Gasteiger partial charge in [-0.15, -0.1) is 0 Å². The van der Waals surface area contributed by atoms with Gasteiger partial charge in [0.05, 0.1) is 11.3 Å². The van der Waals surface area contributed by atoms with Crippen LogP contribution < -0.4 is 10.6 Å². The highest BCUT2D eigenvalue weighted by Gasteiger charge is 2.24. The quantitative estimate of drug-likeness (QED) is 0.725. The van der Waals surface area contributed by atoms with Crippen molar-refractivity contribution in [3.8, 4) is 0 Å². The monoisotopic (exact) mass is 361 g/mol. The molecule has 1 aliphatic heterocycles. The van der Waals surface area contributed by atoms with Gasteiger partial charge >= 0.3 is 12.0 Å². The third-order valence-corrected chi connectivity index (χ3v) is 4.46. The molecule has 3 N–H and O–H groups in total. The molecule has 0 unspecified atom stereocenters. The second-order valence-electron chi connectivity index (χ2n) is 7.26. The van der Waals surface area contributed by atoms with Gasteiger partial charge in [-0.3, -0.25) is 9.59 Å². The van der Waals surface area contributed by atoms with Crippen LogP contribution in [0.5, 0.6) is 0 Å². The highest BCUT2D eigenvalue weighted by molar-refractivity contribution is 6.03. The highest BCUT2D eigenvalue weighted by Crippen LogP contribution is 2.20. The summed E-state index contributed by atoms with van der Waals surface area (Å²) in [7, 11) is 0. The number of aliphatic carboxylic acids is 1. The fourth-order valence-electron chi connectivity index (χ4n) is 2.99. The Kier molecular flexibility index (Phi) is 6.60. The fourth-order valence-corrected chi connectivity index (χ4v) is 2.99. The van der Waals surface area contributed by atoms with Crippen LogP contribution in [0, 0.1) is 0 Å². The fraction of sp³-hybridized carbons (Fsp3) is 0.526. The molecule has 3 amide bonds. The van der Waals surface area contributed by atoms with Crippen LogP contribution in [0.2, 0.25) is 0 Å². The number of carboxylic acid groups (broad SMARTS) is 1. The number of likely N-dealkylation sites (tertiary alicyclic amines) is 1. The van der Waals surface area contributed by atoms with Crippen molar-refractivity contribution >= 4 is 23.6 Å². The van der Waals surface area contributed by atoms with Crippen LogP contribution in [0.3, 0.4) is 0 Å². The Balaban J connectivity index is 2.03. The van der Waals surface area contributed by atoms with Crippen LogP contribution in [0.25, 0.3) is 0 Å². The minimum atomic E-state index is -0.905. The average molecular weight is 361 g/mol. The number of carbonyl (C=O) groups is 3. The lowest BCUT2D eigenvalue weighted by Gasteiger charge is -2.28. The molecule has 2 rings (SSSR count). The lowest BCUT2D eigenvalue weighted by atomic mass is 9.99. The van der Waals surface area contributed by atoms with Gasteiger partial charge in [0.1, 0.15) is 0 Å². The topological polar surface area (TPSA) is 98.7 Å². The van der Waals surface area contributed by atoms with Gasteiger partial charge in [0.15, 0.2) is 0 Å². The number of benzene rings is 1. The molecule has 0 aromatic heterocycles. The molecule has 7 heteroatoms. The molecule has 1 fully saturated rings. The third-order valence-electron chi connectivity index (χ3n) is 4.46. The van der Waals surface area contributed by atoms with E-state index in [1.165, 1.54) is 0 Å². The number of anilines is 1. The number of nitrogens with zero attached hydrogens (tertiary/aromatic N) is 1. The van der Waals surface area contributed by atoms with E-state index in [0.717, 1.165) is 32.4 Å². The smallest absolute Gasteiger partial charge is 0.319 e. The molecule has 26 heavy (non-hydrogen) atoms. The van der Waals surface area contributed by atoms with Crippen molar-refractivity contribution in [1.29, 1.82) is 0 Å². The molecule has 0 atom stereocenters. The summed E-state index contributed by atoms with van der Waals surface area (Å²) in [5.74, 6) is -0.983. The van der Waals surface area contributed by atoms with Crippen molar-refractivity contribution in [2.45, 2.75) is 51.5 Å². The first-order valence-corrected chi connectivity index (χ1v) is 8.98. The van der Waals surface area contributed by atoms with Crippen molar-refractivity contribution in [2.75, 3.05) is 18.4 Å². The molecule has 1 heterocycles. The van der Waals surface area contributed by atoms with Crippen LogP contribution in [-0.4, -0.2) is 46.5 Å². The second-order valence-corrected chi connectivity index (χ2v) is 7.26. The van der Waals surface area contributed by atoms with E-state index in [-0.39, 0.29) is 12.3 Å². The number of amides is 3. The number of carboxylic acids is 1. The summed E-state index contributed by atoms with van der Waals surface area (Å²) < 4.78 is 0. The van der Waals surface area contributed by atoms with Crippen molar-refractivity contribution in [2.24, 2.45) is 0 Å². The predicted octanol–water partition coefficient (Wildman–Crippen LogP) is 3.08. The number of para-hydroxylation sites is 1. The summed E-state index contributed by atoms with van der Waals surface area (Å²) in [4.78, 5) is 37.6. The lowest BCUT2D eigenvalue weighted by molar-refractivity contribution is -0.137. The van der Waals surface area contributed by atoms with Crippen LogP contribution >= 0.6 is 0 Å². The summed E-state index contributed by atoms with van der Waals surface area (Å²) in [5.41, 5.74) is 0.247. The second kappa shape index (κ2) is 8.69. The zero-order valence-electron chi connectivity index (χ0n) is 15.4. The Morgan fingerprint density at radius 2 is 1.77 bits per heavy atom. The van der Waals surface area contributed by atoms with Crippen molar-refractivity contribution in [3.05, 3.63) is 29.8 Å². The van der Waals surface area contributed by atoms with Gasteiger partial charge in [0.25, 0.3) is 5.91 Å². The average Bonchev–Trinajstić information content (AvgIpc) is 2.60. The molecule has 1 saturated heterocycles. The van der Waals surface area contributed by atoms with E-state index in [9.17, 15) is 14.4 Å².